The number of para-hydroxylation sites is 1. The molecule has 5 rings (SSSR count). The maximum absolute atomic E-state index is 13.6. The number of ether oxygens (including phenoxy) is 1. The summed E-state index contributed by atoms with van der Waals surface area (Å²) < 4.78 is 13.4. The molecule has 0 fully saturated rings. The zero-order valence-electron chi connectivity index (χ0n) is 18.6. The van der Waals surface area contributed by atoms with E-state index in [1.54, 1.807) is 60.7 Å². The van der Waals surface area contributed by atoms with Gasteiger partial charge in [-0.2, -0.15) is 0 Å². The van der Waals surface area contributed by atoms with Gasteiger partial charge in [0.25, 0.3) is 0 Å². The van der Waals surface area contributed by atoms with Crippen molar-refractivity contribution in [2.75, 3.05) is 12.4 Å². The minimum absolute atomic E-state index is 0.00977. The lowest BCUT2D eigenvalue weighted by atomic mass is 10.2. The predicted octanol–water partition coefficient (Wildman–Crippen LogP) is 3.85. The average molecular weight is 455 g/mol. The van der Waals surface area contributed by atoms with Crippen molar-refractivity contribution < 1.29 is 13.9 Å². The average Bonchev–Trinajstić information content (AvgIpc) is 3.23. The SMILES string of the molecule is COc1cccc(NC(=O)Cn2c(=O)n(-c3ccc(C)cc3)c(=O)c3oc4ccccc4c32)c1. The van der Waals surface area contributed by atoms with E-state index < -0.39 is 17.2 Å². The fourth-order valence-corrected chi connectivity index (χ4v) is 3.96. The van der Waals surface area contributed by atoms with Crippen molar-refractivity contribution in [3.05, 3.63) is 99.2 Å². The maximum atomic E-state index is 13.6. The summed E-state index contributed by atoms with van der Waals surface area (Å²) in [5.41, 5.74) is 1.45. The van der Waals surface area contributed by atoms with Crippen LogP contribution in [0.2, 0.25) is 0 Å². The van der Waals surface area contributed by atoms with Crippen molar-refractivity contribution >= 4 is 33.7 Å². The molecular weight excluding hydrogens is 434 g/mol. The molecule has 0 radical (unpaired) electrons. The lowest BCUT2D eigenvalue weighted by molar-refractivity contribution is -0.116. The number of hydrogen-bond acceptors (Lipinski definition) is 5. The van der Waals surface area contributed by atoms with Gasteiger partial charge in [-0.05, 0) is 43.3 Å². The number of fused-ring (bicyclic) bond motifs is 3. The van der Waals surface area contributed by atoms with E-state index in [1.807, 2.05) is 19.1 Å². The number of nitrogens with one attached hydrogen (secondary N) is 1. The highest BCUT2D eigenvalue weighted by atomic mass is 16.5. The summed E-state index contributed by atoms with van der Waals surface area (Å²) >= 11 is 0. The number of amides is 1. The van der Waals surface area contributed by atoms with Crippen LogP contribution in [0.4, 0.5) is 5.69 Å². The molecule has 0 saturated heterocycles. The van der Waals surface area contributed by atoms with E-state index in [9.17, 15) is 14.4 Å². The third kappa shape index (κ3) is 3.65. The molecule has 5 aromatic rings. The van der Waals surface area contributed by atoms with Gasteiger partial charge in [-0.25, -0.2) is 9.36 Å². The van der Waals surface area contributed by atoms with E-state index in [4.69, 9.17) is 9.15 Å². The van der Waals surface area contributed by atoms with Crippen molar-refractivity contribution in [1.29, 1.82) is 0 Å². The predicted molar refractivity (Wildman–Crippen MR) is 130 cm³/mol. The van der Waals surface area contributed by atoms with Gasteiger partial charge in [-0.3, -0.25) is 14.2 Å². The first-order valence-electron chi connectivity index (χ1n) is 10.6. The van der Waals surface area contributed by atoms with Gasteiger partial charge in [-0.1, -0.05) is 35.9 Å². The number of rotatable bonds is 5. The quantitative estimate of drug-likeness (QED) is 0.434. The van der Waals surface area contributed by atoms with Crippen LogP contribution in [0, 0.1) is 6.92 Å². The van der Waals surface area contributed by atoms with Gasteiger partial charge in [0.1, 0.15) is 23.4 Å². The lowest BCUT2D eigenvalue weighted by Gasteiger charge is -2.13. The molecule has 34 heavy (non-hydrogen) atoms. The van der Waals surface area contributed by atoms with Crippen LogP contribution in [0.3, 0.4) is 0 Å². The summed E-state index contributed by atoms with van der Waals surface area (Å²) in [6, 6.07) is 20.9. The summed E-state index contributed by atoms with van der Waals surface area (Å²) in [6.45, 7) is 1.60. The maximum Gasteiger partial charge on any atom is 0.336 e. The van der Waals surface area contributed by atoms with Gasteiger partial charge in [0, 0.05) is 17.1 Å². The first kappa shape index (κ1) is 21.3. The number of carbonyl (C=O) groups is 1. The Kier molecular flexibility index (Phi) is 5.25. The van der Waals surface area contributed by atoms with Crippen molar-refractivity contribution in [3.8, 4) is 11.4 Å². The fourth-order valence-electron chi connectivity index (χ4n) is 3.96. The Bertz CT molecular complexity index is 1660. The number of aromatic nitrogens is 2. The molecule has 0 aliphatic rings. The lowest BCUT2D eigenvalue weighted by Crippen LogP contribution is -2.40. The van der Waals surface area contributed by atoms with E-state index in [-0.39, 0.29) is 17.6 Å². The second kappa shape index (κ2) is 8.40. The summed E-state index contributed by atoms with van der Waals surface area (Å²) in [6.07, 6.45) is 0. The largest absolute Gasteiger partial charge is 0.497 e. The number of benzene rings is 3. The van der Waals surface area contributed by atoms with Gasteiger partial charge < -0.3 is 14.5 Å². The van der Waals surface area contributed by atoms with Gasteiger partial charge in [0.05, 0.1) is 12.8 Å². The Morgan fingerprint density at radius 1 is 1.00 bits per heavy atom. The van der Waals surface area contributed by atoms with E-state index >= 15 is 0 Å². The first-order valence-corrected chi connectivity index (χ1v) is 10.6. The molecule has 0 atom stereocenters. The number of carbonyl (C=O) groups excluding carboxylic acids is 1. The van der Waals surface area contributed by atoms with Crippen LogP contribution in [0.15, 0.2) is 86.8 Å². The molecule has 0 aliphatic heterocycles. The summed E-state index contributed by atoms with van der Waals surface area (Å²) in [5, 5.41) is 3.36. The molecule has 8 heteroatoms. The van der Waals surface area contributed by atoms with Crippen molar-refractivity contribution in [2.24, 2.45) is 0 Å². The Morgan fingerprint density at radius 3 is 2.53 bits per heavy atom. The standard InChI is InChI=1S/C26H21N3O5/c1-16-10-12-18(13-11-16)29-25(31)24-23(20-8-3-4-9-21(20)34-24)28(26(29)32)15-22(30)27-17-6-5-7-19(14-17)33-2/h3-14H,15H2,1-2H3,(H,27,30). The van der Waals surface area contributed by atoms with E-state index in [0.29, 0.717) is 28.1 Å². The summed E-state index contributed by atoms with van der Waals surface area (Å²) in [4.78, 5) is 39.9. The number of furan rings is 1. The van der Waals surface area contributed by atoms with Crippen molar-refractivity contribution in [1.82, 2.24) is 9.13 Å². The molecule has 1 amide bonds. The molecule has 0 aliphatic carbocycles. The smallest absolute Gasteiger partial charge is 0.336 e. The third-order valence-electron chi connectivity index (χ3n) is 5.61. The molecule has 0 bridgehead atoms. The Hall–Kier alpha value is -4.59. The third-order valence-corrected chi connectivity index (χ3v) is 5.61. The number of methoxy groups -OCH3 is 1. The van der Waals surface area contributed by atoms with Crippen molar-refractivity contribution in [2.45, 2.75) is 13.5 Å². The van der Waals surface area contributed by atoms with Crippen LogP contribution in [0.5, 0.6) is 5.75 Å². The first-order chi connectivity index (χ1) is 16.5. The molecule has 0 saturated carbocycles. The van der Waals surface area contributed by atoms with Crippen LogP contribution in [-0.2, 0) is 11.3 Å². The molecule has 0 unspecified atom stereocenters. The zero-order valence-corrected chi connectivity index (χ0v) is 18.6. The number of anilines is 1. The number of aryl methyl sites for hydroxylation is 1. The molecule has 2 heterocycles. The topological polar surface area (TPSA) is 95.5 Å². The normalized spacial score (nSPS) is 11.1. The van der Waals surface area contributed by atoms with Crippen molar-refractivity contribution in [3.63, 3.8) is 0 Å². The molecular formula is C26H21N3O5. The Labute approximate surface area is 193 Å². The summed E-state index contributed by atoms with van der Waals surface area (Å²) in [5.74, 6) is 0.155. The highest BCUT2D eigenvalue weighted by molar-refractivity contribution is 6.03. The fraction of sp³-hybridized carbons (Fsp3) is 0.115. The Morgan fingerprint density at radius 2 is 1.76 bits per heavy atom. The van der Waals surface area contributed by atoms with Gasteiger partial charge >= 0.3 is 11.2 Å². The zero-order chi connectivity index (χ0) is 23.8. The number of nitrogens with zero attached hydrogens (tertiary/aromatic N) is 2. The van der Waals surface area contributed by atoms with Crippen LogP contribution in [0.1, 0.15) is 5.56 Å². The van der Waals surface area contributed by atoms with Gasteiger partial charge in [0.2, 0.25) is 11.5 Å². The molecule has 2 aromatic heterocycles. The molecule has 170 valence electrons. The molecule has 0 spiro atoms. The van der Waals surface area contributed by atoms with E-state index in [0.717, 1.165) is 10.1 Å². The van der Waals surface area contributed by atoms with Crippen LogP contribution < -0.4 is 21.3 Å². The van der Waals surface area contributed by atoms with Crippen LogP contribution >= 0.6 is 0 Å². The molecule has 1 N–H and O–H groups in total. The van der Waals surface area contributed by atoms with E-state index in [2.05, 4.69) is 5.32 Å². The highest BCUT2D eigenvalue weighted by Gasteiger charge is 2.22. The minimum atomic E-state index is -0.631. The molecule has 3 aromatic carbocycles. The highest BCUT2D eigenvalue weighted by Crippen LogP contribution is 2.26. The molecule has 8 nitrogen and oxygen atoms in total. The minimum Gasteiger partial charge on any atom is -0.497 e. The van der Waals surface area contributed by atoms with Gasteiger partial charge in [0.15, 0.2) is 0 Å². The monoisotopic (exact) mass is 455 g/mol. The second-order valence-electron chi connectivity index (χ2n) is 7.90. The second-order valence-corrected chi connectivity index (χ2v) is 7.90. The summed E-state index contributed by atoms with van der Waals surface area (Å²) in [7, 11) is 1.54. The van der Waals surface area contributed by atoms with Crippen LogP contribution in [0.25, 0.3) is 27.8 Å². The van der Waals surface area contributed by atoms with Crippen LogP contribution in [-0.4, -0.2) is 22.2 Å². The van der Waals surface area contributed by atoms with E-state index in [1.165, 1.54) is 11.7 Å². The Balaban J connectivity index is 1.69. The van der Waals surface area contributed by atoms with Gasteiger partial charge in [-0.15, -0.1) is 0 Å². The number of hydrogen-bond donors (Lipinski definition) is 1.